The molecule has 5 rings (SSSR count). The number of nitrogens with zero attached hydrogens (tertiary/aromatic N) is 4. The molecule has 2 saturated carbocycles. The van der Waals surface area contributed by atoms with Crippen molar-refractivity contribution in [3.8, 4) is 0 Å². The van der Waals surface area contributed by atoms with E-state index < -0.39 is 0 Å². The SMILES string of the molecule is C=C1/C=C\C(c2cnc(COC(C)CCCCC)nc2)=C/C(C)S/C(NC(=O)C2CC(N3CCOC4(CCC4)C3)C2)=N\1. The number of amidine groups is 1. The molecule has 1 N–H and O–H groups in total. The molecular weight excluding hydrogens is 546 g/mol. The Labute approximate surface area is 255 Å². The molecule has 3 fully saturated rings. The first kappa shape index (κ1) is 31.1. The number of carbonyl (C=O) groups excluding carboxylic acids is 1. The minimum atomic E-state index is 0.0234. The molecule has 2 aliphatic heterocycles. The molecule has 42 heavy (non-hydrogen) atoms. The van der Waals surface area contributed by atoms with Crippen LogP contribution in [0.25, 0.3) is 5.57 Å². The molecule has 1 saturated heterocycles. The van der Waals surface area contributed by atoms with Gasteiger partial charge in [-0.25, -0.2) is 15.0 Å². The molecule has 8 nitrogen and oxygen atoms in total. The third-order valence-electron chi connectivity index (χ3n) is 8.94. The first-order valence-corrected chi connectivity index (χ1v) is 16.7. The Hall–Kier alpha value is -2.33. The number of nitrogens with one attached hydrogen (secondary N) is 1. The van der Waals surface area contributed by atoms with Gasteiger partial charge in [0, 0.05) is 48.3 Å². The molecule has 228 valence electrons. The highest BCUT2D eigenvalue weighted by Gasteiger charge is 2.46. The number of hydrogen-bond donors (Lipinski definition) is 1. The Morgan fingerprint density at radius 2 is 2.05 bits per heavy atom. The highest BCUT2D eigenvalue weighted by molar-refractivity contribution is 8.14. The van der Waals surface area contributed by atoms with Gasteiger partial charge in [0.05, 0.1) is 24.0 Å². The van der Waals surface area contributed by atoms with Gasteiger partial charge in [-0.15, -0.1) is 0 Å². The summed E-state index contributed by atoms with van der Waals surface area (Å²) in [6.07, 6.45) is 20.0. The Kier molecular flexibility index (Phi) is 10.7. The predicted molar refractivity (Wildman–Crippen MR) is 170 cm³/mol. The van der Waals surface area contributed by atoms with Crippen LogP contribution in [0.4, 0.5) is 0 Å². The van der Waals surface area contributed by atoms with Crippen LogP contribution >= 0.6 is 11.8 Å². The molecule has 1 spiro atoms. The number of carbonyl (C=O) groups is 1. The van der Waals surface area contributed by atoms with Gasteiger partial charge in [0.1, 0.15) is 6.61 Å². The smallest absolute Gasteiger partial charge is 0.229 e. The highest BCUT2D eigenvalue weighted by Crippen LogP contribution is 2.41. The van der Waals surface area contributed by atoms with E-state index in [1.807, 2.05) is 24.5 Å². The molecule has 1 aromatic rings. The fourth-order valence-electron chi connectivity index (χ4n) is 6.08. The molecule has 2 aliphatic carbocycles. The van der Waals surface area contributed by atoms with Crippen LogP contribution in [0.5, 0.6) is 0 Å². The van der Waals surface area contributed by atoms with Crippen molar-refractivity contribution in [2.75, 3.05) is 19.7 Å². The zero-order valence-electron chi connectivity index (χ0n) is 25.5. The van der Waals surface area contributed by atoms with Crippen LogP contribution in [0.15, 0.2) is 47.9 Å². The van der Waals surface area contributed by atoms with Gasteiger partial charge >= 0.3 is 0 Å². The molecule has 1 amide bonds. The molecule has 2 unspecified atom stereocenters. The second-order valence-electron chi connectivity index (χ2n) is 12.4. The fourth-order valence-corrected chi connectivity index (χ4v) is 6.97. The number of hydrogen-bond acceptors (Lipinski definition) is 8. The number of allylic oxidation sites excluding steroid dienone is 3. The zero-order valence-corrected chi connectivity index (χ0v) is 26.3. The van der Waals surface area contributed by atoms with E-state index in [0.29, 0.717) is 29.3 Å². The van der Waals surface area contributed by atoms with Crippen LogP contribution < -0.4 is 5.32 Å². The summed E-state index contributed by atoms with van der Waals surface area (Å²) in [7, 11) is 0. The first-order chi connectivity index (χ1) is 20.3. The summed E-state index contributed by atoms with van der Waals surface area (Å²) < 4.78 is 12.0. The van der Waals surface area contributed by atoms with Crippen LogP contribution in [0, 0.1) is 5.92 Å². The average Bonchev–Trinajstić information content (AvgIpc) is 2.99. The van der Waals surface area contributed by atoms with Crippen LogP contribution in [-0.4, -0.2) is 68.6 Å². The van der Waals surface area contributed by atoms with Gasteiger partial charge in [-0.2, -0.15) is 0 Å². The lowest BCUT2D eigenvalue weighted by Gasteiger charge is -2.53. The number of unbranched alkanes of at least 4 members (excludes halogenated alkanes) is 2. The minimum Gasteiger partial charge on any atom is -0.372 e. The standard InChI is InChI=1S/C33H47N5O3S/c1-5-6-7-9-24(3)40-21-30-34-19-28(20-35-30)26-11-10-23(2)36-32(42-25(4)16-26)37-31(39)27-17-29(18-27)38-14-15-41-33(22-38)12-8-13-33/h10-11,16,19-20,24-25,27,29H,2,5-9,12-15,17-18,21-22H2,1,3-4H3,(H,36,37,39)/b11-10-,26-16+. The maximum Gasteiger partial charge on any atom is 0.229 e. The summed E-state index contributed by atoms with van der Waals surface area (Å²) in [5.74, 6) is 0.765. The Bertz CT molecular complexity index is 1190. The van der Waals surface area contributed by atoms with E-state index in [9.17, 15) is 4.79 Å². The molecule has 0 bridgehead atoms. The summed E-state index contributed by atoms with van der Waals surface area (Å²) in [5, 5.41) is 3.78. The summed E-state index contributed by atoms with van der Waals surface area (Å²) in [4.78, 5) is 29.5. The third kappa shape index (κ3) is 8.18. The maximum atomic E-state index is 13.2. The van der Waals surface area contributed by atoms with Crippen molar-refractivity contribution in [3.63, 3.8) is 0 Å². The molecule has 3 heterocycles. The second kappa shape index (κ2) is 14.4. The number of thioether (sulfide) groups is 1. The normalized spacial score (nSPS) is 29.9. The predicted octanol–water partition coefficient (Wildman–Crippen LogP) is 6.06. The van der Waals surface area contributed by atoms with Gasteiger partial charge in [0.2, 0.25) is 5.91 Å². The van der Waals surface area contributed by atoms with Crippen LogP contribution in [-0.2, 0) is 20.9 Å². The van der Waals surface area contributed by atoms with Crippen molar-refractivity contribution in [1.82, 2.24) is 20.2 Å². The summed E-state index contributed by atoms with van der Waals surface area (Å²) >= 11 is 1.53. The van der Waals surface area contributed by atoms with E-state index in [-0.39, 0.29) is 28.8 Å². The van der Waals surface area contributed by atoms with E-state index in [1.165, 1.54) is 50.3 Å². The van der Waals surface area contributed by atoms with E-state index in [0.717, 1.165) is 50.1 Å². The van der Waals surface area contributed by atoms with Crippen molar-refractivity contribution in [3.05, 3.63) is 54.3 Å². The number of rotatable bonds is 10. The number of morpholine rings is 1. The van der Waals surface area contributed by atoms with Crippen molar-refractivity contribution < 1.29 is 14.3 Å². The number of aromatic nitrogens is 2. The second-order valence-corrected chi connectivity index (χ2v) is 13.7. The lowest BCUT2D eigenvalue weighted by atomic mass is 9.75. The maximum absolute atomic E-state index is 13.2. The van der Waals surface area contributed by atoms with E-state index >= 15 is 0 Å². The quantitative estimate of drug-likeness (QED) is 0.330. The number of aliphatic imine (C=N–C) groups is 1. The highest BCUT2D eigenvalue weighted by atomic mass is 32.2. The molecule has 1 aromatic heterocycles. The van der Waals surface area contributed by atoms with Crippen LogP contribution in [0.1, 0.15) is 89.9 Å². The zero-order chi connectivity index (χ0) is 29.5. The van der Waals surface area contributed by atoms with Crippen molar-refractivity contribution >= 4 is 28.4 Å². The van der Waals surface area contributed by atoms with Crippen LogP contribution in [0.2, 0.25) is 0 Å². The Balaban J connectivity index is 1.12. The van der Waals surface area contributed by atoms with Crippen molar-refractivity contribution in [2.24, 2.45) is 10.9 Å². The van der Waals surface area contributed by atoms with E-state index in [4.69, 9.17) is 9.47 Å². The summed E-state index contributed by atoms with van der Waals surface area (Å²) in [6.45, 7) is 13.7. The fraction of sp³-hybridized carbons (Fsp3) is 0.636. The largest absolute Gasteiger partial charge is 0.372 e. The monoisotopic (exact) mass is 593 g/mol. The topological polar surface area (TPSA) is 88.9 Å². The van der Waals surface area contributed by atoms with Crippen molar-refractivity contribution in [2.45, 2.75) is 108 Å². The van der Waals surface area contributed by atoms with Gasteiger partial charge in [0.25, 0.3) is 0 Å². The van der Waals surface area contributed by atoms with E-state index in [1.54, 1.807) is 0 Å². The molecule has 0 radical (unpaired) electrons. The summed E-state index contributed by atoms with van der Waals surface area (Å²) in [5.41, 5.74) is 2.60. The lowest BCUT2D eigenvalue weighted by Crippen LogP contribution is -2.61. The van der Waals surface area contributed by atoms with Gasteiger partial charge in [-0.05, 0) is 64.0 Å². The van der Waals surface area contributed by atoms with E-state index in [2.05, 4.69) is 58.6 Å². The average molecular weight is 594 g/mol. The van der Waals surface area contributed by atoms with Gasteiger partial charge in [-0.1, -0.05) is 56.7 Å². The minimum absolute atomic E-state index is 0.0234. The Morgan fingerprint density at radius 1 is 1.26 bits per heavy atom. The molecular formula is C33H47N5O3S. The molecule has 9 heteroatoms. The van der Waals surface area contributed by atoms with Crippen LogP contribution in [0.3, 0.4) is 0 Å². The van der Waals surface area contributed by atoms with Gasteiger partial charge in [-0.3, -0.25) is 9.69 Å². The number of ether oxygens (including phenoxy) is 2. The molecule has 4 aliphatic rings. The molecule has 0 aromatic carbocycles. The van der Waals surface area contributed by atoms with Gasteiger partial charge < -0.3 is 14.8 Å². The van der Waals surface area contributed by atoms with Crippen molar-refractivity contribution in [1.29, 1.82) is 0 Å². The lowest BCUT2D eigenvalue weighted by molar-refractivity contribution is -0.168. The first-order valence-electron chi connectivity index (χ1n) is 15.8. The Morgan fingerprint density at radius 3 is 2.76 bits per heavy atom. The van der Waals surface area contributed by atoms with Gasteiger partial charge in [0.15, 0.2) is 11.0 Å². The third-order valence-corrected chi connectivity index (χ3v) is 9.86. The molecule has 2 atom stereocenters. The summed E-state index contributed by atoms with van der Waals surface area (Å²) in [6, 6.07) is 0.480. The number of amides is 1.